The summed E-state index contributed by atoms with van der Waals surface area (Å²) in [5.41, 5.74) is -0.181. The lowest BCUT2D eigenvalue weighted by Gasteiger charge is -2.22. The summed E-state index contributed by atoms with van der Waals surface area (Å²) in [7, 11) is 1.08. The fraction of sp³-hybridized carbons (Fsp3) is 0.0714. The van der Waals surface area contributed by atoms with Crippen LogP contribution in [0.2, 0.25) is 0 Å². The molecular weight excluding hydrogens is 324 g/mol. The minimum Gasteiger partial charge on any atom is -0.504 e. The normalized spacial score (nSPS) is 11.9. The number of hydrogen-bond donors (Lipinski definition) is 1. The molecule has 5 nitrogen and oxygen atoms in total. The van der Waals surface area contributed by atoms with Crippen LogP contribution >= 0.6 is 0 Å². The van der Waals surface area contributed by atoms with Crippen molar-refractivity contribution < 1.29 is 41.7 Å². The Morgan fingerprint density at radius 3 is 2.09 bits per heavy atom. The van der Waals surface area contributed by atoms with Gasteiger partial charge in [0.05, 0.1) is 12.7 Å². The topological polar surface area (TPSA) is 65.0 Å². The summed E-state index contributed by atoms with van der Waals surface area (Å²) in [4.78, 5) is 11.4. The van der Waals surface area contributed by atoms with E-state index < -0.39 is 58.0 Å². The molecule has 0 bridgehead atoms. The largest absolute Gasteiger partial charge is 0.504 e. The number of ether oxygens (including phenoxy) is 3. The number of hydrogen-bond acceptors (Lipinski definition) is 5. The van der Waals surface area contributed by atoms with Crippen molar-refractivity contribution in [3.63, 3.8) is 0 Å². The Bertz CT molecular complexity index is 850. The van der Waals surface area contributed by atoms with E-state index in [0.29, 0.717) is 0 Å². The predicted octanol–water partition coefficient (Wildman–Crippen LogP) is 3.63. The summed E-state index contributed by atoms with van der Waals surface area (Å²) in [6.07, 6.45) is 0. The third-order valence-electron chi connectivity index (χ3n) is 3.06. The Morgan fingerprint density at radius 2 is 1.52 bits per heavy atom. The highest BCUT2D eigenvalue weighted by Crippen LogP contribution is 2.52. The number of benzene rings is 2. The molecule has 0 radical (unpaired) electrons. The lowest BCUT2D eigenvalue weighted by molar-refractivity contribution is 0.0599. The Hall–Kier alpha value is -2.97. The van der Waals surface area contributed by atoms with Crippen LogP contribution in [-0.4, -0.2) is 18.2 Å². The van der Waals surface area contributed by atoms with E-state index in [2.05, 4.69) is 4.74 Å². The van der Waals surface area contributed by atoms with E-state index in [4.69, 9.17) is 9.47 Å². The van der Waals surface area contributed by atoms with E-state index in [9.17, 15) is 27.5 Å². The first-order valence-electron chi connectivity index (χ1n) is 6.02. The quantitative estimate of drug-likeness (QED) is 0.319. The molecule has 0 spiro atoms. The van der Waals surface area contributed by atoms with E-state index in [1.54, 1.807) is 0 Å². The van der Waals surface area contributed by atoms with Gasteiger partial charge >= 0.3 is 5.97 Å². The van der Waals surface area contributed by atoms with Gasteiger partial charge in [-0.1, -0.05) is 0 Å². The van der Waals surface area contributed by atoms with E-state index in [1.807, 2.05) is 0 Å². The molecule has 0 aliphatic carbocycles. The summed E-state index contributed by atoms with van der Waals surface area (Å²) in [6.45, 7) is 0. The summed E-state index contributed by atoms with van der Waals surface area (Å²) in [5.74, 6) is -12.3. The molecule has 1 heterocycles. The average molecular weight is 330 g/mol. The second kappa shape index (κ2) is 5.04. The summed E-state index contributed by atoms with van der Waals surface area (Å²) in [5, 5.41) is 9.79. The zero-order chi connectivity index (χ0) is 16.9. The van der Waals surface area contributed by atoms with E-state index in [0.717, 1.165) is 19.2 Å². The molecule has 120 valence electrons. The summed E-state index contributed by atoms with van der Waals surface area (Å²) >= 11 is 0. The van der Waals surface area contributed by atoms with Crippen molar-refractivity contribution in [2.75, 3.05) is 7.11 Å². The molecule has 2 aromatic carbocycles. The van der Waals surface area contributed by atoms with Crippen LogP contribution in [0.5, 0.6) is 28.7 Å². The predicted molar refractivity (Wildman–Crippen MR) is 65.9 cm³/mol. The molecule has 2 aromatic rings. The van der Waals surface area contributed by atoms with Gasteiger partial charge in [-0.25, -0.2) is 13.6 Å². The van der Waals surface area contributed by atoms with Gasteiger partial charge in [-0.2, -0.15) is 8.78 Å². The minimum absolute atomic E-state index is 0.181. The number of aromatic hydroxyl groups is 1. The Balaban J connectivity index is 2.18. The number of fused-ring (bicyclic) bond motifs is 2. The first-order chi connectivity index (χ1) is 10.8. The van der Waals surface area contributed by atoms with E-state index in [-0.39, 0.29) is 5.56 Å². The molecule has 3 rings (SSSR count). The van der Waals surface area contributed by atoms with Crippen LogP contribution in [0.25, 0.3) is 0 Å². The zero-order valence-electron chi connectivity index (χ0n) is 11.2. The van der Waals surface area contributed by atoms with Gasteiger partial charge < -0.3 is 19.3 Å². The fourth-order valence-electron chi connectivity index (χ4n) is 1.99. The Labute approximate surface area is 125 Å². The monoisotopic (exact) mass is 330 g/mol. The van der Waals surface area contributed by atoms with Crippen molar-refractivity contribution in [2.24, 2.45) is 0 Å². The van der Waals surface area contributed by atoms with Gasteiger partial charge in [0.15, 0.2) is 11.5 Å². The van der Waals surface area contributed by atoms with Crippen LogP contribution in [0, 0.1) is 23.3 Å². The number of esters is 1. The highest BCUT2D eigenvalue weighted by Gasteiger charge is 2.34. The molecule has 1 aliphatic heterocycles. The number of methoxy groups -OCH3 is 1. The standard InChI is InChI=1S/C14H6F4O5/c1-21-14(20)4-2-5(19)11-6(3-4)22-12-9(17)7(15)8(16)10(18)13(12)23-11/h2-3,19H,1H3. The first-order valence-corrected chi connectivity index (χ1v) is 6.02. The number of carbonyl (C=O) groups is 1. The van der Waals surface area contributed by atoms with Gasteiger partial charge in [0.2, 0.25) is 40.5 Å². The average Bonchev–Trinajstić information content (AvgIpc) is 2.56. The van der Waals surface area contributed by atoms with Crippen molar-refractivity contribution in [3.05, 3.63) is 41.0 Å². The van der Waals surface area contributed by atoms with Crippen LogP contribution in [0.3, 0.4) is 0 Å². The van der Waals surface area contributed by atoms with Crippen LogP contribution < -0.4 is 9.47 Å². The lowest BCUT2D eigenvalue weighted by Crippen LogP contribution is -2.09. The molecule has 23 heavy (non-hydrogen) atoms. The lowest BCUT2D eigenvalue weighted by atomic mass is 10.1. The highest BCUT2D eigenvalue weighted by molar-refractivity contribution is 5.91. The number of phenols is 1. The smallest absolute Gasteiger partial charge is 0.338 e. The van der Waals surface area contributed by atoms with Gasteiger partial charge in [0.25, 0.3) is 0 Å². The molecule has 0 amide bonds. The third kappa shape index (κ3) is 2.12. The fourth-order valence-corrected chi connectivity index (χ4v) is 1.99. The van der Waals surface area contributed by atoms with Crippen LogP contribution in [0.15, 0.2) is 12.1 Å². The number of phenolic OH excluding ortho intramolecular Hbond substituents is 1. The first kappa shape index (κ1) is 14.9. The molecule has 0 unspecified atom stereocenters. The van der Waals surface area contributed by atoms with E-state index in [1.165, 1.54) is 0 Å². The molecule has 0 aromatic heterocycles. The molecule has 0 fully saturated rings. The summed E-state index contributed by atoms with van der Waals surface area (Å²) in [6, 6.07) is 1.93. The maximum absolute atomic E-state index is 13.7. The van der Waals surface area contributed by atoms with Gasteiger partial charge in [-0.15, -0.1) is 0 Å². The van der Waals surface area contributed by atoms with Crippen molar-refractivity contribution in [1.82, 2.24) is 0 Å². The zero-order valence-corrected chi connectivity index (χ0v) is 11.2. The van der Waals surface area contributed by atoms with Crippen molar-refractivity contribution in [2.45, 2.75) is 0 Å². The Morgan fingerprint density at radius 1 is 0.957 bits per heavy atom. The Kier molecular flexibility index (Phi) is 3.28. The maximum atomic E-state index is 13.7. The maximum Gasteiger partial charge on any atom is 0.338 e. The second-order valence-electron chi connectivity index (χ2n) is 4.43. The minimum atomic E-state index is -2.08. The van der Waals surface area contributed by atoms with Gasteiger partial charge in [-0.3, -0.25) is 0 Å². The molecule has 0 saturated carbocycles. The highest BCUT2D eigenvalue weighted by atomic mass is 19.2. The molecule has 9 heteroatoms. The molecule has 1 aliphatic rings. The van der Waals surface area contributed by atoms with Crippen molar-refractivity contribution >= 4 is 5.97 Å². The van der Waals surface area contributed by atoms with Crippen molar-refractivity contribution in [3.8, 4) is 28.7 Å². The van der Waals surface area contributed by atoms with Gasteiger partial charge in [0, 0.05) is 0 Å². The van der Waals surface area contributed by atoms with Crippen LogP contribution in [0.4, 0.5) is 17.6 Å². The van der Waals surface area contributed by atoms with E-state index >= 15 is 0 Å². The number of carbonyl (C=O) groups excluding carboxylic acids is 1. The molecule has 0 atom stereocenters. The molecular formula is C14H6F4O5. The third-order valence-corrected chi connectivity index (χ3v) is 3.06. The van der Waals surface area contributed by atoms with Crippen molar-refractivity contribution in [1.29, 1.82) is 0 Å². The van der Waals surface area contributed by atoms with Gasteiger partial charge in [0.1, 0.15) is 0 Å². The van der Waals surface area contributed by atoms with Gasteiger partial charge in [-0.05, 0) is 12.1 Å². The molecule has 0 saturated heterocycles. The molecule has 1 N–H and O–H groups in total. The summed E-state index contributed by atoms with van der Waals surface area (Å²) < 4.78 is 68.1. The van der Waals surface area contributed by atoms with Crippen LogP contribution in [-0.2, 0) is 4.74 Å². The SMILES string of the molecule is COC(=O)c1cc(O)c2c(c1)Oc1c(F)c(F)c(F)c(F)c1O2. The number of rotatable bonds is 1. The van der Waals surface area contributed by atoms with Crippen LogP contribution in [0.1, 0.15) is 10.4 Å². The number of halogens is 4. The second-order valence-corrected chi connectivity index (χ2v) is 4.43.